The SMILES string of the molecule is Clc1nc(Cl)nc(NC2CCOc3ccccc32)n1. The van der Waals surface area contributed by atoms with E-state index < -0.39 is 0 Å². The van der Waals surface area contributed by atoms with Crippen LogP contribution in [-0.4, -0.2) is 21.6 Å². The fourth-order valence-electron chi connectivity index (χ4n) is 2.04. The molecule has 19 heavy (non-hydrogen) atoms. The average molecular weight is 297 g/mol. The van der Waals surface area contributed by atoms with Crippen molar-refractivity contribution in [2.24, 2.45) is 0 Å². The van der Waals surface area contributed by atoms with Gasteiger partial charge in [-0.3, -0.25) is 0 Å². The van der Waals surface area contributed by atoms with Gasteiger partial charge in [0.25, 0.3) is 0 Å². The van der Waals surface area contributed by atoms with Crippen molar-refractivity contribution in [3.63, 3.8) is 0 Å². The minimum atomic E-state index is 0.0690. The van der Waals surface area contributed by atoms with Crippen molar-refractivity contribution >= 4 is 29.2 Å². The molecule has 1 unspecified atom stereocenters. The Labute approximate surface area is 120 Å². The Balaban J connectivity index is 1.88. The molecule has 1 atom stereocenters. The number of para-hydroxylation sites is 1. The van der Waals surface area contributed by atoms with Gasteiger partial charge in [0.2, 0.25) is 16.5 Å². The van der Waals surface area contributed by atoms with Crippen LogP contribution >= 0.6 is 23.2 Å². The van der Waals surface area contributed by atoms with Gasteiger partial charge in [-0.15, -0.1) is 0 Å². The number of nitrogens with one attached hydrogen (secondary N) is 1. The zero-order valence-corrected chi connectivity index (χ0v) is 11.3. The van der Waals surface area contributed by atoms with E-state index in [-0.39, 0.29) is 16.6 Å². The summed E-state index contributed by atoms with van der Waals surface area (Å²) in [5.74, 6) is 1.24. The second-order valence-corrected chi connectivity index (χ2v) is 4.75. The maximum atomic E-state index is 5.76. The molecule has 7 heteroatoms. The predicted octanol–water partition coefficient (Wildman–Crippen LogP) is 3.11. The third-order valence-corrected chi connectivity index (χ3v) is 3.18. The first-order valence-corrected chi connectivity index (χ1v) is 6.53. The van der Waals surface area contributed by atoms with Crippen molar-refractivity contribution in [1.82, 2.24) is 15.0 Å². The molecule has 0 fully saturated rings. The van der Waals surface area contributed by atoms with Crippen LogP contribution in [0.3, 0.4) is 0 Å². The molecule has 0 aliphatic carbocycles. The number of anilines is 1. The molecule has 1 N–H and O–H groups in total. The Kier molecular flexibility index (Phi) is 3.40. The fourth-order valence-corrected chi connectivity index (χ4v) is 2.40. The highest BCUT2D eigenvalue weighted by molar-refractivity contribution is 6.31. The Morgan fingerprint density at radius 1 is 1.11 bits per heavy atom. The zero-order valence-electron chi connectivity index (χ0n) is 9.81. The van der Waals surface area contributed by atoms with Crippen molar-refractivity contribution in [3.8, 4) is 5.75 Å². The van der Waals surface area contributed by atoms with E-state index in [4.69, 9.17) is 27.9 Å². The van der Waals surface area contributed by atoms with Crippen molar-refractivity contribution in [2.45, 2.75) is 12.5 Å². The molecule has 0 spiro atoms. The molecule has 1 aromatic heterocycles. The summed E-state index contributed by atoms with van der Waals surface area (Å²) >= 11 is 11.5. The van der Waals surface area contributed by atoms with Gasteiger partial charge in [0.15, 0.2) is 0 Å². The molecule has 5 nitrogen and oxygen atoms in total. The highest BCUT2D eigenvalue weighted by atomic mass is 35.5. The number of halogens is 2. The number of benzene rings is 1. The molecule has 1 aliphatic heterocycles. The lowest BCUT2D eigenvalue weighted by molar-refractivity contribution is 0.274. The number of aromatic nitrogens is 3. The molecule has 0 saturated carbocycles. The average Bonchev–Trinajstić information content (AvgIpc) is 2.38. The van der Waals surface area contributed by atoms with Crippen LogP contribution in [0.4, 0.5) is 5.95 Å². The van der Waals surface area contributed by atoms with E-state index in [1.807, 2.05) is 24.3 Å². The van der Waals surface area contributed by atoms with E-state index in [0.717, 1.165) is 17.7 Å². The van der Waals surface area contributed by atoms with Gasteiger partial charge < -0.3 is 10.1 Å². The van der Waals surface area contributed by atoms with E-state index in [1.165, 1.54) is 0 Å². The Hall–Kier alpha value is -1.59. The van der Waals surface area contributed by atoms with Crippen LogP contribution in [0.5, 0.6) is 5.75 Å². The summed E-state index contributed by atoms with van der Waals surface area (Å²) in [6.45, 7) is 0.640. The Morgan fingerprint density at radius 2 is 1.84 bits per heavy atom. The third kappa shape index (κ3) is 2.72. The van der Waals surface area contributed by atoms with Crippen molar-refractivity contribution in [3.05, 3.63) is 40.4 Å². The molecule has 0 amide bonds. The highest BCUT2D eigenvalue weighted by Crippen LogP contribution is 2.33. The predicted molar refractivity (Wildman–Crippen MR) is 72.8 cm³/mol. The number of nitrogens with zero attached hydrogens (tertiary/aromatic N) is 3. The van der Waals surface area contributed by atoms with Crippen LogP contribution in [0.2, 0.25) is 10.6 Å². The molecule has 98 valence electrons. The van der Waals surface area contributed by atoms with Crippen molar-refractivity contribution in [2.75, 3.05) is 11.9 Å². The molecular formula is C12H10Cl2N4O. The summed E-state index contributed by atoms with van der Waals surface area (Å²) < 4.78 is 5.59. The normalized spacial score (nSPS) is 17.5. The second-order valence-electron chi connectivity index (χ2n) is 4.07. The van der Waals surface area contributed by atoms with E-state index in [9.17, 15) is 0 Å². The molecule has 1 aliphatic rings. The number of hydrogen-bond acceptors (Lipinski definition) is 5. The lowest BCUT2D eigenvalue weighted by atomic mass is 10.0. The minimum Gasteiger partial charge on any atom is -0.493 e. The standard InChI is InChI=1S/C12H10Cl2N4O/c13-10-16-11(14)18-12(17-10)15-8-5-6-19-9-4-2-1-3-7(8)9/h1-4,8H,5-6H2,(H,15,16,17,18). The maximum absolute atomic E-state index is 5.76. The quantitative estimate of drug-likeness (QED) is 0.923. The van der Waals surface area contributed by atoms with Crippen molar-refractivity contribution in [1.29, 1.82) is 0 Å². The van der Waals surface area contributed by atoms with Gasteiger partial charge in [0, 0.05) is 12.0 Å². The number of rotatable bonds is 2. The molecule has 0 radical (unpaired) electrons. The van der Waals surface area contributed by atoms with E-state index in [0.29, 0.717) is 12.6 Å². The Morgan fingerprint density at radius 3 is 2.63 bits per heavy atom. The first kappa shape index (κ1) is 12.4. The molecule has 0 bridgehead atoms. The number of fused-ring (bicyclic) bond motifs is 1. The van der Waals surface area contributed by atoms with E-state index in [2.05, 4.69) is 20.3 Å². The van der Waals surface area contributed by atoms with Crippen LogP contribution in [-0.2, 0) is 0 Å². The van der Waals surface area contributed by atoms with Crippen LogP contribution in [0.15, 0.2) is 24.3 Å². The molecular weight excluding hydrogens is 287 g/mol. The Bertz CT molecular complexity index is 588. The van der Waals surface area contributed by atoms with Gasteiger partial charge in [-0.05, 0) is 29.3 Å². The van der Waals surface area contributed by atoms with Gasteiger partial charge in [0.1, 0.15) is 5.75 Å². The minimum absolute atomic E-state index is 0.0690. The topological polar surface area (TPSA) is 59.9 Å². The van der Waals surface area contributed by atoms with Gasteiger partial charge in [0.05, 0.1) is 12.6 Å². The van der Waals surface area contributed by atoms with Crippen molar-refractivity contribution < 1.29 is 4.74 Å². The first-order chi connectivity index (χ1) is 9.22. The smallest absolute Gasteiger partial charge is 0.228 e. The molecule has 1 aromatic carbocycles. The monoisotopic (exact) mass is 296 g/mol. The van der Waals surface area contributed by atoms with Gasteiger partial charge in [-0.25, -0.2) is 0 Å². The lowest BCUT2D eigenvalue weighted by Gasteiger charge is -2.26. The molecule has 0 saturated heterocycles. The summed E-state index contributed by atoms with van der Waals surface area (Å²) in [5, 5.41) is 3.35. The van der Waals surface area contributed by atoms with Crippen LogP contribution in [0.1, 0.15) is 18.0 Å². The van der Waals surface area contributed by atoms with E-state index >= 15 is 0 Å². The van der Waals surface area contributed by atoms with E-state index in [1.54, 1.807) is 0 Å². The molecule has 2 heterocycles. The first-order valence-electron chi connectivity index (χ1n) is 5.78. The number of ether oxygens (including phenoxy) is 1. The van der Waals surface area contributed by atoms with Gasteiger partial charge in [-0.2, -0.15) is 15.0 Å². The summed E-state index contributed by atoms with van der Waals surface area (Å²) in [6, 6.07) is 7.93. The van der Waals surface area contributed by atoms with Crippen LogP contribution in [0, 0.1) is 0 Å². The maximum Gasteiger partial charge on any atom is 0.228 e. The summed E-state index contributed by atoms with van der Waals surface area (Å²) in [4.78, 5) is 11.7. The molecule has 2 aromatic rings. The largest absolute Gasteiger partial charge is 0.493 e. The highest BCUT2D eigenvalue weighted by Gasteiger charge is 2.21. The fraction of sp³-hybridized carbons (Fsp3) is 0.250. The van der Waals surface area contributed by atoms with Gasteiger partial charge >= 0.3 is 0 Å². The van der Waals surface area contributed by atoms with Crippen LogP contribution < -0.4 is 10.1 Å². The summed E-state index contributed by atoms with van der Waals surface area (Å²) in [5.41, 5.74) is 1.07. The third-order valence-electron chi connectivity index (χ3n) is 2.84. The number of hydrogen-bond donors (Lipinski definition) is 1. The summed E-state index contributed by atoms with van der Waals surface area (Å²) in [7, 11) is 0. The van der Waals surface area contributed by atoms with Crippen LogP contribution in [0.25, 0.3) is 0 Å². The molecule has 3 rings (SSSR count). The second kappa shape index (κ2) is 5.19. The summed E-state index contributed by atoms with van der Waals surface area (Å²) in [6.07, 6.45) is 0.817. The lowest BCUT2D eigenvalue weighted by Crippen LogP contribution is -2.21. The van der Waals surface area contributed by atoms with Gasteiger partial charge in [-0.1, -0.05) is 18.2 Å². The zero-order chi connectivity index (χ0) is 13.2.